The predicted octanol–water partition coefficient (Wildman–Crippen LogP) is 1.55. The largest absolute Gasteiger partial charge is 0.337 e. The highest BCUT2D eigenvalue weighted by Gasteiger charge is 1.66. The lowest BCUT2D eigenvalue weighted by atomic mass is 10.7. The minimum absolute atomic E-state index is 0.530. The third-order valence-corrected chi connectivity index (χ3v) is 1.21. The van der Waals surface area contributed by atoms with Gasteiger partial charge in [-0.15, -0.1) is 0 Å². The summed E-state index contributed by atoms with van der Waals surface area (Å²) in [5, 5.41) is 6.21. The Morgan fingerprint density at radius 1 is 1.17 bits per heavy atom. The Bertz CT molecular complexity index is 306. The lowest BCUT2D eigenvalue weighted by molar-refractivity contribution is 1.09. The van der Waals surface area contributed by atoms with Gasteiger partial charge in [0.1, 0.15) is 0 Å². The second-order valence-corrected chi connectivity index (χ2v) is 2.24. The van der Waals surface area contributed by atoms with Gasteiger partial charge in [0.25, 0.3) is 0 Å². The Morgan fingerprint density at radius 2 is 2.00 bits per heavy atom. The molecule has 0 atom stereocenters. The van der Waals surface area contributed by atoms with Gasteiger partial charge in [-0.05, 0) is 24.4 Å². The van der Waals surface area contributed by atoms with Crippen LogP contribution in [0.2, 0.25) is 0 Å². The van der Waals surface area contributed by atoms with Crippen LogP contribution in [0.5, 0.6) is 0 Å². The molecule has 0 bridgehead atoms. The van der Waals surface area contributed by atoms with Crippen LogP contribution in [0.3, 0.4) is 0 Å². The number of rotatable bonds is 0. The van der Waals surface area contributed by atoms with E-state index in [9.17, 15) is 0 Å². The summed E-state index contributed by atoms with van der Waals surface area (Å²) < 4.78 is 0.530. The summed E-state index contributed by atoms with van der Waals surface area (Å²) in [6, 6.07) is 3.62. The number of nitrogens with zero attached hydrogens (tertiary/aromatic N) is 2. The van der Waals surface area contributed by atoms with Crippen molar-refractivity contribution in [3.05, 3.63) is 41.7 Å². The van der Waals surface area contributed by atoms with E-state index >= 15 is 0 Å². The summed E-state index contributed by atoms with van der Waals surface area (Å²) >= 11 is 4.65. The molecular weight excluding hydrogens is 172 g/mol. The molecule has 0 unspecified atom stereocenters. The van der Waals surface area contributed by atoms with Crippen LogP contribution in [0.1, 0.15) is 0 Å². The van der Waals surface area contributed by atoms with Crippen LogP contribution in [-0.2, 0) is 0 Å². The molecule has 0 saturated heterocycles. The molecule has 2 aromatic heterocycles. The molecule has 0 amide bonds. The first-order chi connectivity index (χ1) is 5.89. The van der Waals surface area contributed by atoms with Gasteiger partial charge in [0.05, 0.1) is 0 Å². The van der Waals surface area contributed by atoms with Crippen molar-refractivity contribution in [1.82, 2.24) is 20.2 Å². The molecule has 4 nitrogen and oxygen atoms in total. The molecule has 2 N–H and O–H groups in total. The summed E-state index contributed by atoms with van der Waals surface area (Å²) in [7, 11) is 0. The van der Waals surface area contributed by atoms with Crippen LogP contribution < -0.4 is 0 Å². The number of aromatic amines is 2. The van der Waals surface area contributed by atoms with E-state index in [1.807, 2.05) is 6.07 Å². The van der Waals surface area contributed by atoms with Crippen molar-refractivity contribution in [3.63, 3.8) is 0 Å². The summed E-state index contributed by atoms with van der Waals surface area (Å²) in [4.78, 5) is 6.47. The van der Waals surface area contributed by atoms with Gasteiger partial charge in [-0.25, -0.2) is 4.98 Å². The maximum absolute atomic E-state index is 4.65. The quantitative estimate of drug-likeness (QED) is 0.605. The van der Waals surface area contributed by atoms with E-state index in [2.05, 4.69) is 32.4 Å². The highest BCUT2D eigenvalue weighted by molar-refractivity contribution is 7.71. The highest BCUT2D eigenvalue weighted by atomic mass is 32.1. The standard InChI is InChI=1S/C4H4N2S.C3H4N2/c7-4-5-2-1-3-6-4;1-2-4-5-3-1/h1-3H,(H,5,6,7);1-3H,(H,4,5). The molecule has 62 valence electrons. The second kappa shape index (κ2) is 5.20. The lowest BCUT2D eigenvalue weighted by Crippen LogP contribution is -1.72. The third-order valence-electron chi connectivity index (χ3n) is 0.987. The van der Waals surface area contributed by atoms with Crippen molar-refractivity contribution < 1.29 is 0 Å². The van der Waals surface area contributed by atoms with Gasteiger partial charge in [-0.1, -0.05) is 0 Å². The number of hydrogen-bond acceptors (Lipinski definition) is 3. The van der Waals surface area contributed by atoms with E-state index in [1.54, 1.807) is 30.9 Å². The van der Waals surface area contributed by atoms with Gasteiger partial charge in [-0.2, -0.15) is 5.10 Å². The molecule has 0 radical (unpaired) electrons. The molecule has 0 aliphatic carbocycles. The Hall–Kier alpha value is -1.49. The Kier molecular flexibility index (Phi) is 3.73. The zero-order chi connectivity index (χ0) is 8.65. The number of nitrogens with one attached hydrogen (secondary N) is 2. The van der Waals surface area contributed by atoms with Crippen LogP contribution in [0.15, 0.2) is 36.9 Å². The lowest BCUT2D eigenvalue weighted by Gasteiger charge is -1.75. The number of hydrogen-bond donors (Lipinski definition) is 2. The number of H-pyrrole nitrogens is 2. The van der Waals surface area contributed by atoms with Gasteiger partial charge < -0.3 is 4.98 Å². The average molecular weight is 180 g/mol. The van der Waals surface area contributed by atoms with E-state index in [0.717, 1.165) is 0 Å². The van der Waals surface area contributed by atoms with E-state index in [1.165, 1.54) is 0 Å². The van der Waals surface area contributed by atoms with Crippen molar-refractivity contribution in [2.45, 2.75) is 0 Å². The predicted molar refractivity (Wildman–Crippen MR) is 48.0 cm³/mol. The Morgan fingerprint density at radius 3 is 2.25 bits per heavy atom. The molecule has 12 heavy (non-hydrogen) atoms. The molecule has 2 heterocycles. The first-order valence-corrected chi connectivity index (χ1v) is 3.74. The van der Waals surface area contributed by atoms with Gasteiger partial charge in [0, 0.05) is 24.8 Å². The summed E-state index contributed by atoms with van der Waals surface area (Å²) in [5.41, 5.74) is 0. The fourth-order valence-electron chi connectivity index (χ4n) is 0.526. The first kappa shape index (κ1) is 8.61. The van der Waals surface area contributed by atoms with Crippen molar-refractivity contribution in [3.8, 4) is 0 Å². The summed E-state index contributed by atoms with van der Waals surface area (Å²) in [5.74, 6) is 0. The van der Waals surface area contributed by atoms with Crippen molar-refractivity contribution in [1.29, 1.82) is 0 Å². The minimum atomic E-state index is 0.530. The van der Waals surface area contributed by atoms with E-state index in [4.69, 9.17) is 0 Å². The van der Waals surface area contributed by atoms with Gasteiger partial charge >= 0.3 is 0 Å². The zero-order valence-corrected chi connectivity index (χ0v) is 7.08. The minimum Gasteiger partial charge on any atom is -0.337 e. The van der Waals surface area contributed by atoms with Crippen molar-refractivity contribution in [2.24, 2.45) is 0 Å². The van der Waals surface area contributed by atoms with Crippen LogP contribution in [0.25, 0.3) is 0 Å². The summed E-state index contributed by atoms with van der Waals surface area (Å²) in [6.45, 7) is 0. The highest BCUT2D eigenvalue weighted by Crippen LogP contribution is 1.73. The van der Waals surface area contributed by atoms with Crippen LogP contribution >= 0.6 is 12.2 Å². The Balaban J connectivity index is 0.000000127. The van der Waals surface area contributed by atoms with Crippen LogP contribution in [-0.4, -0.2) is 20.2 Å². The average Bonchev–Trinajstić information content (AvgIpc) is 2.62. The zero-order valence-electron chi connectivity index (χ0n) is 6.27. The third kappa shape index (κ3) is 3.62. The molecular formula is C7H8N4S. The fraction of sp³-hybridized carbons (Fsp3) is 0. The smallest absolute Gasteiger partial charge is 0.196 e. The normalized spacial score (nSPS) is 8.33. The van der Waals surface area contributed by atoms with Crippen LogP contribution in [0.4, 0.5) is 0 Å². The maximum Gasteiger partial charge on any atom is 0.196 e. The molecule has 0 aliphatic heterocycles. The van der Waals surface area contributed by atoms with Gasteiger partial charge in [0.2, 0.25) is 0 Å². The number of aromatic nitrogens is 4. The molecule has 0 spiro atoms. The SMILES string of the molecule is S=c1nccc[nH]1.c1cn[nH]c1. The molecule has 2 rings (SSSR count). The van der Waals surface area contributed by atoms with Crippen molar-refractivity contribution in [2.75, 3.05) is 0 Å². The maximum atomic E-state index is 4.65. The molecule has 2 aromatic rings. The fourth-order valence-corrected chi connectivity index (χ4v) is 0.654. The van der Waals surface area contributed by atoms with E-state index < -0.39 is 0 Å². The molecule has 0 aromatic carbocycles. The molecule has 0 fully saturated rings. The monoisotopic (exact) mass is 180 g/mol. The van der Waals surface area contributed by atoms with Gasteiger partial charge in [-0.3, -0.25) is 5.10 Å². The first-order valence-electron chi connectivity index (χ1n) is 3.33. The second-order valence-electron chi connectivity index (χ2n) is 1.85. The topological polar surface area (TPSA) is 57.4 Å². The van der Waals surface area contributed by atoms with Gasteiger partial charge in [0.15, 0.2) is 4.77 Å². The molecule has 5 heteroatoms. The summed E-state index contributed by atoms with van der Waals surface area (Å²) in [6.07, 6.45) is 6.86. The van der Waals surface area contributed by atoms with E-state index in [-0.39, 0.29) is 0 Å². The molecule has 0 saturated carbocycles. The van der Waals surface area contributed by atoms with Crippen LogP contribution in [0, 0.1) is 4.77 Å². The Labute approximate surface area is 74.7 Å². The molecule has 0 aliphatic rings. The van der Waals surface area contributed by atoms with Crippen molar-refractivity contribution >= 4 is 12.2 Å². The van der Waals surface area contributed by atoms with E-state index in [0.29, 0.717) is 4.77 Å².